The second-order valence-electron chi connectivity index (χ2n) is 4.66. The van der Waals surface area contributed by atoms with Crippen LogP contribution in [0.1, 0.15) is 18.1 Å². The Bertz CT molecular complexity index is 451. The van der Waals surface area contributed by atoms with E-state index < -0.39 is 6.10 Å². The fraction of sp³-hybridized carbons (Fsp3) is 0.385. The topological polar surface area (TPSA) is 57.6 Å². The van der Waals surface area contributed by atoms with E-state index >= 15 is 0 Å². The molecular weight excluding hydrogens is 218 g/mol. The number of rotatable bonds is 3. The molecule has 4 heteroatoms. The highest BCUT2D eigenvalue weighted by atomic mass is 16.3. The van der Waals surface area contributed by atoms with Gasteiger partial charge in [0, 0.05) is 0 Å². The molecule has 0 bridgehead atoms. The normalized spacial score (nSPS) is 28.2. The number of likely N-dealkylation sites (tertiary alicyclic amines) is 1. The minimum Gasteiger partial charge on any atom is -0.387 e. The van der Waals surface area contributed by atoms with Gasteiger partial charge in [-0.1, -0.05) is 30.3 Å². The third kappa shape index (κ3) is 1.65. The maximum absolute atomic E-state index is 11.7. The van der Waals surface area contributed by atoms with Gasteiger partial charge in [-0.2, -0.15) is 0 Å². The van der Waals surface area contributed by atoms with Crippen molar-refractivity contribution in [3.63, 3.8) is 0 Å². The lowest BCUT2D eigenvalue weighted by Gasteiger charge is -2.20. The minimum atomic E-state index is -0.790. The highest BCUT2D eigenvalue weighted by molar-refractivity contribution is 6.08. The van der Waals surface area contributed by atoms with Crippen LogP contribution >= 0.6 is 0 Å². The van der Waals surface area contributed by atoms with Gasteiger partial charge in [0.15, 0.2) is 0 Å². The van der Waals surface area contributed by atoms with E-state index in [4.69, 9.17) is 0 Å². The minimum absolute atomic E-state index is 0.0781. The Hall–Kier alpha value is -1.68. The summed E-state index contributed by atoms with van der Waals surface area (Å²) in [5.74, 6) is -0.416. The van der Waals surface area contributed by atoms with Gasteiger partial charge in [-0.25, -0.2) is 0 Å². The van der Waals surface area contributed by atoms with Crippen LogP contribution in [-0.4, -0.2) is 28.4 Å². The second kappa shape index (κ2) is 3.67. The number of amides is 2. The number of hydrogen-bond donors (Lipinski definition) is 1. The summed E-state index contributed by atoms with van der Waals surface area (Å²) in [7, 11) is 0. The molecule has 1 aromatic rings. The highest BCUT2D eigenvalue weighted by Gasteiger charge is 2.58. The number of hydrogen-bond acceptors (Lipinski definition) is 3. The number of carbonyl (C=O) groups is 2. The van der Waals surface area contributed by atoms with Crippen molar-refractivity contribution in [2.24, 2.45) is 11.8 Å². The first-order valence-corrected chi connectivity index (χ1v) is 5.76. The van der Waals surface area contributed by atoms with Crippen LogP contribution in [0.5, 0.6) is 0 Å². The average Bonchev–Trinajstić information content (AvgIpc) is 3.11. The van der Waals surface area contributed by atoms with Crippen molar-refractivity contribution in [3.05, 3.63) is 35.9 Å². The van der Waals surface area contributed by atoms with Crippen LogP contribution < -0.4 is 0 Å². The molecule has 1 N–H and O–H groups in total. The lowest BCUT2D eigenvalue weighted by Crippen LogP contribution is -2.36. The molecule has 2 fully saturated rings. The summed E-state index contributed by atoms with van der Waals surface area (Å²) in [6, 6.07) is 9.08. The van der Waals surface area contributed by atoms with E-state index in [0.29, 0.717) is 6.42 Å². The van der Waals surface area contributed by atoms with Crippen molar-refractivity contribution in [3.8, 4) is 0 Å². The average molecular weight is 231 g/mol. The summed E-state index contributed by atoms with van der Waals surface area (Å²) >= 11 is 0. The number of carbonyl (C=O) groups excluding carboxylic acids is 2. The quantitative estimate of drug-likeness (QED) is 0.780. The zero-order chi connectivity index (χ0) is 12.0. The second-order valence-corrected chi connectivity index (χ2v) is 4.66. The zero-order valence-electron chi connectivity index (χ0n) is 9.24. The lowest BCUT2D eigenvalue weighted by atomic mass is 10.1. The Balaban J connectivity index is 1.72. The molecule has 0 aromatic heterocycles. The van der Waals surface area contributed by atoms with Gasteiger partial charge in [0.05, 0.1) is 24.5 Å². The molecule has 1 aromatic carbocycles. The standard InChI is InChI=1S/C13H13NO3/c15-11(8-4-2-1-3-5-8)7-14-12(16)9-6-10(9)13(14)17/h1-5,9-11,15H,6-7H2. The molecule has 1 aliphatic carbocycles. The molecule has 0 spiro atoms. The van der Waals surface area contributed by atoms with Crippen LogP contribution in [0.4, 0.5) is 0 Å². The largest absolute Gasteiger partial charge is 0.387 e. The number of β-amino-alcohol motifs (C(OH)–C–C–N with tert-alkyl or cyclic N) is 1. The molecule has 0 radical (unpaired) electrons. The summed E-state index contributed by atoms with van der Waals surface area (Å²) in [5, 5.41) is 9.97. The molecule has 3 rings (SSSR count). The maximum atomic E-state index is 11.7. The number of aliphatic hydroxyl groups is 1. The van der Waals surface area contributed by atoms with E-state index in [1.807, 2.05) is 18.2 Å². The molecule has 2 aliphatic rings. The molecular formula is C13H13NO3. The van der Waals surface area contributed by atoms with Gasteiger partial charge in [-0.15, -0.1) is 0 Å². The number of nitrogens with zero attached hydrogens (tertiary/aromatic N) is 1. The van der Waals surface area contributed by atoms with E-state index in [1.165, 1.54) is 4.90 Å². The zero-order valence-corrected chi connectivity index (χ0v) is 9.24. The van der Waals surface area contributed by atoms with E-state index in [9.17, 15) is 14.7 Å². The van der Waals surface area contributed by atoms with Gasteiger partial charge < -0.3 is 5.11 Å². The van der Waals surface area contributed by atoms with Crippen molar-refractivity contribution >= 4 is 11.8 Å². The smallest absolute Gasteiger partial charge is 0.233 e. The molecule has 3 atom stereocenters. The predicted octanol–water partition coefficient (Wildman–Crippen LogP) is 0.725. The van der Waals surface area contributed by atoms with Gasteiger partial charge in [-0.3, -0.25) is 14.5 Å². The number of piperidine rings is 1. The fourth-order valence-corrected chi connectivity index (χ4v) is 2.38. The molecule has 88 valence electrons. The molecule has 2 amide bonds. The first-order chi connectivity index (χ1) is 8.18. The van der Waals surface area contributed by atoms with E-state index in [-0.39, 0.29) is 30.2 Å². The Morgan fingerprint density at radius 2 is 1.76 bits per heavy atom. The summed E-state index contributed by atoms with van der Waals surface area (Å²) in [4.78, 5) is 24.6. The van der Waals surface area contributed by atoms with Crippen LogP contribution in [-0.2, 0) is 9.59 Å². The van der Waals surface area contributed by atoms with Crippen LogP contribution in [0, 0.1) is 11.8 Å². The lowest BCUT2D eigenvalue weighted by molar-refractivity contribution is -0.143. The third-order valence-corrected chi connectivity index (χ3v) is 3.50. The Labute approximate surface area is 98.9 Å². The van der Waals surface area contributed by atoms with Crippen LogP contribution in [0.25, 0.3) is 0 Å². The number of fused-ring (bicyclic) bond motifs is 1. The van der Waals surface area contributed by atoms with Gasteiger partial charge in [-0.05, 0) is 12.0 Å². The van der Waals surface area contributed by atoms with Crippen LogP contribution in [0.3, 0.4) is 0 Å². The van der Waals surface area contributed by atoms with E-state index in [2.05, 4.69) is 0 Å². The first-order valence-electron chi connectivity index (χ1n) is 5.76. The van der Waals surface area contributed by atoms with Gasteiger partial charge in [0.25, 0.3) is 0 Å². The van der Waals surface area contributed by atoms with Crippen molar-refractivity contribution in [2.75, 3.05) is 6.54 Å². The molecule has 1 saturated carbocycles. The first kappa shape index (κ1) is 10.5. The SMILES string of the molecule is O=C1C2CC2C(=O)N1CC(O)c1ccccc1. The Kier molecular flexibility index (Phi) is 2.26. The number of benzene rings is 1. The molecule has 1 heterocycles. The Morgan fingerprint density at radius 3 is 2.35 bits per heavy atom. The summed E-state index contributed by atoms with van der Waals surface area (Å²) in [6.45, 7) is 0.0781. The van der Waals surface area contributed by atoms with Gasteiger partial charge >= 0.3 is 0 Å². The van der Waals surface area contributed by atoms with E-state index in [1.54, 1.807) is 12.1 Å². The summed E-state index contributed by atoms with van der Waals surface area (Å²) < 4.78 is 0. The summed E-state index contributed by atoms with van der Waals surface area (Å²) in [5.41, 5.74) is 0.730. The van der Waals surface area contributed by atoms with Crippen molar-refractivity contribution < 1.29 is 14.7 Å². The van der Waals surface area contributed by atoms with Gasteiger partial charge in [0.2, 0.25) is 11.8 Å². The monoisotopic (exact) mass is 231 g/mol. The molecule has 4 nitrogen and oxygen atoms in total. The molecule has 1 aliphatic heterocycles. The molecule has 3 unspecified atom stereocenters. The van der Waals surface area contributed by atoms with Crippen LogP contribution in [0.2, 0.25) is 0 Å². The Morgan fingerprint density at radius 1 is 1.18 bits per heavy atom. The molecule has 1 saturated heterocycles. The fourth-order valence-electron chi connectivity index (χ4n) is 2.38. The molecule has 17 heavy (non-hydrogen) atoms. The van der Waals surface area contributed by atoms with Crippen molar-refractivity contribution in [1.82, 2.24) is 4.90 Å². The number of imide groups is 1. The maximum Gasteiger partial charge on any atom is 0.233 e. The van der Waals surface area contributed by atoms with Crippen molar-refractivity contribution in [2.45, 2.75) is 12.5 Å². The predicted molar refractivity (Wildman–Crippen MR) is 59.7 cm³/mol. The number of aliphatic hydroxyl groups excluding tert-OH is 1. The third-order valence-electron chi connectivity index (χ3n) is 3.50. The highest BCUT2D eigenvalue weighted by Crippen LogP contribution is 2.47. The van der Waals surface area contributed by atoms with Crippen LogP contribution in [0.15, 0.2) is 30.3 Å². The van der Waals surface area contributed by atoms with E-state index in [0.717, 1.165) is 5.56 Å². The summed E-state index contributed by atoms with van der Waals surface area (Å²) in [6.07, 6.45) is -0.0862. The van der Waals surface area contributed by atoms with Gasteiger partial charge in [0.1, 0.15) is 0 Å². The van der Waals surface area contributed by atoms with Crippen molar-refractivity contribution in [1.29, 1.82) is 0 Å².